The number of hydrogen-bond donors (Lipinski definition) is 0. The molecule has 2 aromatic rings. The lowest BCUT2D eigenvalue weighted by Gasteiger charge is -2.12. The summed E-state index contributed by atoms with van der Waals surface area (Å²) in [5.41, 5.74) is 0.618. The van der Waals surface area contributed by atoms with Gasteiger partial charge in [-0.1, -0.05) is 17.2 Å². The first-order valence-electron chi connectivity index (χ1n) is 6.35. The van der Waals surface area contributed by atoms with Crippen LogP contribution in [0, 0.1) is 0 Å². The summed E-state index contributed by atoms with van der Waals surface area (Å²) in [5, 5.41) is 4.42. The Bertz CT molecular complexity index is 715. The molecule has 0 bridgehead atoms. The Kier molecular flexibility index (Phi) is 3.02. The molecule has 0 spiro atoms. The molecule has 0 fully saturated rings. The number of benzene rings is 1. The molecule has 1 aromatic heterocycles. The molecule has 106 valence electrons. The molecule has 21 heavy (non-hydrogen) atoms. The van der Waals surface area contributed by atoms with Crippen LogP contribution >= 0.6 is 0 Å². The fourth-order valence-electron chi connectivity index (χ4n) is 2.14. The Morgan fingerprint density at radius 3 is 2.33 bits per heavy atom. The van der Waals surface area contributed by atoms with Crippen molar-refractivity contribution in [1.29, 1.82) is 0 Å². The normalized spacial score (nSPS) is 13.5. The maximum Gasteiger partial charge on any atom is 0.381 e. The summed E-state index contributed by atoms with van der Waals surface area (Å²) in [6.07, 6.45) is 1.45. The second-order valence-electron chi connectivity index (χ2n) is 4.36. The first-order valence-corrected chi connectivity index (χ1v) is 6.35. The van der Waals surface area contributed by atoms with Crippen molar-refractivity contribution < 1.29 is 19.2 Å². The molecule has 0 saturated heterocycles. The molecular weight excluding hydrogens is 274 g/mol. The van der Waals surface area contributed by atoms with Crippen LogP contribution in [0.3, 0.4) is 0 Å². The van der Waals surface area contributed by atoms with E-state index < -0.39 is 17.8 Å². The molecule has 0 saturated carbocycles. The van der Waals surface area contributed by atoms with Crippen molar-refractivity contribution in [3.05, 3.63) is 53.3 Å². The molecule has 0 atom stereocenters. The minimum absolute atomic E-state index is 0.175. The second kappa shape index (κ2) is 4.86. The van der Waals surface area contributed by atoms with Crippen molar-refractivity contribution in [1.82, 2.24) is 14.8 Å². The smallest absolute Gasteiger partial charge is 0.323 e. The number of fused-ring (bicyclic) bond motifs is 1. The van der Waals surface area contributed by atoms with Crippen molar-refractivity contribution in [2.45, 2.75) is 13.5 Å². The summed E-state index contributed by atoms with van der Waals surface area (Å²) in [5.74, 6) is -2.10. The van der Waals surface area contributed by atoms with Gasteiger partial charge >= 0.3 is 5.97 Å². The van der Waals surface area contributed by atoms with Crippen LogP contribution in [0.2, 0.25) is 0 Å². The summed E-state index contributed by atoms with van der Waals surface area (Å²) in [7, 11) is 0. The van der Waals surface area contributed by atoms with Crippen LogP contribution in [0.25, 0.3) is 0 Å². The van der Waals surface area contributed by atoms with Gasteiger partial charge in [0.1, 0.15) is 5.69 Å². The number of imide groups is 1. The van der Waals surface area contributed by atoms with E-state index in [0.29, 0.717) is 11.6 Å². The van der Waals surface area contributed by atoms with Gasteiger partial charge in [0.25, 0.3) is 11.8 Å². The van der Waals surface area contributed by atoms with Gasteiger partial charge in [0, 0.05) is 12.7 Å². The molecular formula is C14H11N3O4. The van der Waals surface area contributed by atoms with Crippen molar-refractivity contribution in [2.24, 2.45) is 0 Å². The molecule has 1 aromatic carbocycles. The number of hydroxylamine groups is 2. The highest BCUT2D eigenvalue weighted by Gasteiger charge is 2.39. The van der Waals surface area contributed by atoms with E-state index in [1.165, 1.54) is 29.1 Å². The first kappa shape index (κ1) is 13.0. The van der Waals surface area contributed by atoms with Crippen LogP contribution in [-0.4, -0.2) is 32.6 Å². The van der Waals surface area contributed by atoms with Gasteiger partial charge in [-0.3, -0.25) is 14.3 Å². The van der Waals surface area contributed by atoms with E-state index >= 15 is 0 Å². The Balaban J connectivity index is 1.86. The van der Waals surface area contributed by atoms with Gasteiger partial charge in [-0.05, 0) is 25.1 Å². The van der Waals surface area contributed by atoms with Crippen molar-refractivity contribution in [2.75, 3.05) is 0 Å². The number of aromatic nitrogens is 2. The second-order valence-corrected chi connectivity index (χ2v) is 4.36. The third-order valence-electron chi connectivity index (χ3n) is 3.16. The molecule has 2 heterocycles. The quantitative estimate of drug-likeness (QED) is 0.793. The molecule has 7 nitrogen and oxygen atoms in total. The largest absolute Gasteiger partial charge is 0.381 e. The molecule has 3 rings (SSSR count). The van der Waals surface area contributed by atoms with Crippen LogP contribution in [0.15, 0.2) is 36.5 Å². The minimum Gasteiger partial charge on any atom is -0.323 e. The van der Waals surface area contributed by atoms with E-state index in [1.807, 2.05) is 6.92 Å². The average molecular weight is 285 g/mol. The monoisotopic (exact) mass is 285 g/mol. The van der Waals surface area contributed by atoms with Crippen LogP contribution in [0.1, 0.15) is 38.1 Å². The zero-order chi connectivity index (χ0) is 15.0. The topological polar surface area (TPSA) is 81.5 Å². The number of carbonyl (C=O) groups excluding carboxylic acids is 3. The van der Waals surface area contributed by atoms with Crippen molar-refractivity contribution >= 4 is 17.8 Å². The van der Waals surface area contributed by atoms with E-state index in [9.17, 15) is 14.4 Å². The van der Waals surface area contributed by atoms with Gasteiger partial charge in [-0.15, -0.1) is 0 Å². The summed E-state index contributed by atoms with van der Waals surface area (Å²) < 4.78 is 1.42. The Hall–Kier alpha value is -2.96. The number of rotatable bonds is 3. The lowest BCUT2D eigenvalue weighted by molar-refractivity contribution is -0.0592. The fourth-order valence-corrected chi connectivity index (χ4v) is 2.14. The molecule has 1 aliphatic rings. The number of carbonyl (C=O) groups is 3. The van der Waals surface area contributed by atoms with Gasteiger partial charge in [-0.2, -0.15) is 5.10 Å². The maximum absolute atomic E-state index is 12.1. The standard InChI is InChI=1S/C14H11N3O4/c1-2-16-11(7-8-15-16)14(20)21-17-12(18)9-5-3-4-6-10(9)13(17)19/h3-8H,2H2,1H3. The summed E-state index contributed by atoms with van der Waals surface area (Å²) in [6, 6.07) is 7.77. The van der Waals surface area contributed by atoms with Gasteiger partial charge in [-0.25, -0.2) is 4.79 Å². The van der Waals surface area contributed by atoms with Crippen LogP contribution < -0.4 is 0 Å². The van der Waals surface area contributed by atoms with E-state index in [2.05, 4.69) is 5.10 Å². The Morgan fingerprint density at radius 1 is 1.14 bits per heavy atom. The SMILES string of the molecule is CCn1nccc1C(=O)ON1C(=O)c2ccccc2C1=O. The summed E-state index contributed by atoms with van der Waals surface area (Å²) >= 11 is 0. The van der Waals surface area contributed by atoms with Crippen LogP contribution in [-0.2, 0) is 11.4 Å². The van der Waals surface area contributed by atoms with Crippen molar-refractivity contribution in [3.8, 4) is 0 Å². The molecule has 2 amide bonds. The van der Waals surface area contributed by atoms with Crippen LogP contribution in [0.4, 0.5) is 0 Å². The third kappa shape index (κ3) is 1.99. The Labute approximate surface area is 119 Å². The molecule has 0 N–H and O–H groups in total. The van der Waals surface area contributed by atoms with E-state index in [4.69, 9.17) is 4.84 Å². The lowest BCUT2D eigenvalue weighted by Crippen LogP contribution is -2.33. The predicted molar refractivity (Wildman–Crippen MR) is 70.3 cm³/mol. The van der Waals surface area contributed by atoms with Crippen LogP contribution in [0.5, 0.6) is 0 Å². The van der Waals surface area contributed by atoms with E-state index in [0.717, 1.165) is 0 Å². The average Bonchev–Trinajstić information content (AvgIpc) is 3.07. The highest BCUT2D eigenvalue weighted by Crippen LogP contribution is 2.23. The highest BCUT2D eigenvalue weighted by molar-refractivity contribution is 6.21. The minimum atomic E-state index is -0.802. The lowest BCUT2D eigenvalue weighted by atomic mass is 10.1. The summed E-state index contributed by atoms with van der Waals surface area (Å²) in [6.45, 7) is 2.28. The van der Waals surface area contributed by atoms with Gasteiger partial charge < -0.3 is 4.84 Å². The van der Waals surface area contributed by atoms with Gasteiger partial charge in [0.15, 0.2) is 0 Å². The molecule has 0 radical (unpaired) electrons. The van der Waals surface area contributed by atoms with E-state index in [-0.39, 0.29) is 16.8 Å². The zero-order valence-electron chi connectivity index (χ0n) is 11.1. The number of amides is 2. The van der Waals surface area contributed by atoms with Crippen molar-refractivity contribution in [3.63, 3.8) is 0 Å². The van der Waals surface area contributed by atoms with Gasteiger partial charge in [0.05, 0.1) is 11.1 Å². The molecule has 0 aliphatic carbocycles. The number of nitrogens with zero attached hydrogens (tertiary/aromatic N) is 3. The molecule has 0 unspecified atom stereocenters. The Morgan fingerprint density at radius 2 is 1.76 bits per heavy atom. The highest BCUT2D eigenvalue weighted by atomic mass is 16.7. The summed E-state index contributed by atoms with van der Waals surface area (Å²) in [4.78, 5) is 41.1. The third-order valence-corrected chi connectivity index (χ3v) is 3.16. The van der Waals surface area contributed by atoms with Gasteiger partial charge in [0.2, 0.25) is 0 Å². The van der Waals surface area contributed by atoms with E-state index in [1.54, 1.807) is 12.1 Å². The first-order chi connectivity index (χ1) is 10.1. The number of hydrogen-bond acceptors (Lipinski definition) is 5. The number of aryl methyl sites for hydroxylation is 1. The molecule has 1 aliphatic heterocycles. The predicted octanol–water partition coefficient (Wildman–Crippen LogP) is 1.27. The zero-order valence-corrected chi connectivity index (χ0v) is 11.1. The fraction of sp³-hybridized carbons (Fsp3) is 0.143. The molecule has 7 heteroatoms. The maximum atomic E-state index is 12.1.